The molecule has 3 rings (SSSR count). The normalized spacial score (nSPS) is 15.1. The van der Waals surface area contributed by atoms with Gasteiger partial charge in [-0.15, -0.1) is 0 Å². The molecule has 1 fully saturated rings. The number of hydrogen-bond acceptors (Lipinski definition) is 7. The average molecular weight is 414 g/mol. The summed E-state index contributed by atoms with van der Waals surface area (Å²) >= 11 is 0.908. The van der Waals surface area contributed by atoms with Crippen LogP contribution >= 0.6 is 11.8 Å². The van der Waals surface area contributed by atoms with E-state index in [2.05, 4.69) is 0 Å². The Hall–Kier alpha value is -3.33. The fourth-order valence-corrected chi connectivity index (χ4v) is 3.60. The van der Waals surface area contributed by atoms with Crippen molar-refractivity contribution in [2.24, 2.45) is 0 Å². The van der Waals surface area contributed by atoms with Crippen LogP contribution in [0, 0.1) is 10.1 Å². The van der Waals surface area contributed by atoms with Gasteiger partial charge in [-0.2, -0.15) is 0 Å². The van der Waals surface area contributed by atoms with E-state index >= 15 is 0 Å². The number of nitro benzene ring substituents is 1. The van der Waals surface area contributed by atoms with Gasteiger partial charge in [0, 0.05) is 18.7 Å². The van der Waals surface area contributed by atoms with Crippen molar-refractivity contribution in [3.63, 3.8) is 0 Å². The number of ether oxygens (including phenoxy) is 2. The molecule has 1 aliphatic heterocycles. The lowest BCUT2D eigenvalue weighted by Crippen LogP contribution is -2.27. The molecule has 1 heterocycles. The number of likely N-dealkylation sites (N-methyl/N-ethyl adjacent to an activating group) is 1. The highest BCUT2D eigenvalue weighted by Crippen LogP contribution is 2.34. The zero-order valence-corrected chi connectivity index (χ0v) is 16.6. The van der Waals surface area contributed by atoms with Crippen LogP contribution in [0.25, 0.3) is 6.08 Å². The molecule has 1 saturated heterocycles. The van der Waals surface area contributed by atoms with Crippen molar-refractivity contribution < 1.29 is 24.0 Å². The summed E-state index contributed by atoms with van der Waals surface area (Å²) in [5, 5.41) is 10.4. The van der Waals surface area contributed by atoms with Crippen molar-refractivity contribution in [2.75, 3.05) is 13.7 Å². The third-order valence-corrected chi connectivity index (χ3v) is 5.12. The first-order chi connectivity index (χ1) is 13.9. The molecule has 0 N–H and O–H groups in total. The Morgan fingerprint density at radius 1 is 1.14 bits per heavy atom. The van der Waals surface area contributed by atoms with E-state index in [0.717, 1.165) is 17.3 Å². The number of rotatable bonds is 7. The summed E-state index contributed by atoms with van der Waals surface area (Å²) < 4.78 is 11.1. The maximum atomic E-state index is 12.2. The molecule has 0 unspecified atom stereocenters. The number of methoxy groups -OCH3 is 1. The van der Waals surface area contributed by atoms with Crippen LogP contribution in [0.15, 0.2) is 47.4 Å². The molecular weight excluding hydrogens is 396 g/mol. The smallest absolute Gasteiger partial charge is 0.293 e. The highest BCUT2D eigenvalue weighted by atomic mass is 32.2. The topological polar surface area (TPSA) is 99.0 Å². The maximum Gasteiger partial charge on any atom is 0.293 e. The second-order valence-electron chi connectivity index (χ2n) is 6.05. The Morgan fingerprint density at radius 3 is 2.45 bits per heavy atom. The van der Waals surface area contributed by atoms with E-state index in [1.165, 1.54) is 24.1 Å². The van der Waals surface area contributed by atoms with Crippen molar-refractivity contribution in [1.29, 1.82) is 0 Å². The number of hydrogen-bond donors (Lipinski definition) is 0. The quantitative estimate of drug-likeness (QED) is 0.380. The minimum atomic E-state index is -0.457. The van der Waals surface area contributed by atoms with E-state index in [4.69, 9.17) is 9.47 Å². The molecule has 0 aliphatic carbocycles. The van der Waals surface area contributed by atoms with Crippen LogP contribution in [0.2, 0.25) is 0 Å². The Bertz CT molecular complexity index is 987. The standard InChI is InChI=1S/C20H18N2O6S/c1-3-21-19(23)18(29-20(21)24)11-14-6-9-16(17(10-14)27-2)28-12-13-4-7-15(8-5-13)22(25)26/h4-11H,3,12H2,1-2H3. The first-order valence-electron chi connectivity index (χ1n) is 8.72. The van der Waals surface area contributed by atoms with E-state index in [1.54, 1.807) is 43.3 Å². The maximum absolute atomic E-state index is 12.2. The van der Waals surface area contributed by atoms with Gasteiger partial charge in [-0.3, -0.25) is 24.6 Å². The number of nitrogens with zero attached hydrogens (tertiary/aromatic N) is 2. The highest BCUT2D eigenvalue weighted by Gasteiger charge is 2.33. The summed E-state index contributed by atoms with van der Waals surface area (Å²) in [5.41, 5.74) is 1.49. The number of imide groups is 1. The minimum absolute atomic E-state index is 0.0168. The molecule has 0 saturated carbocycles. The van der Waals surface area contributed by atoms with Gasteiger partial charge in [0.05, 0.1) is 16.9 Å². The summed E-state index contributed by atoms with van der Waals surface area (Å²) in [6.07, 6.45) is 1.64. The summed E-state index contributed by atoms with van der Waals surface area (Å²) in [4.78, 5) is 35.8. The van der Waals surface area contributed by atoms with Crippen molar-refractivity contribution in [3.05, 3.63) is 68.6 Å². The molecule has 0 spiro atoms. The molecule has 9 heteroatoms. The van der Waals surface area contributed by atoms with Gasteiger partial charge in [0.1, 0.15) is 6.61 Å². The molecule has 8 nitrogen and oxygen atoms in total. The molecule has 0 aromatic heterocycles. The molecule has 0 bridgehead atoms. The summed E-state index contributed by atoms with van der Waals surface area (Å²) in [5.74, 6) is 0.653. The van der Waals surface area contributed by atoms with Crippen molar-refractivity contribution >= 4 is 34.7 Å². The number of thioether (sulfide) groups is 1. The zero-order valence-electron chi connectivity index (χ0n) is 15.8. The molecule has 0 atom stereocenters. The van der Waals surface area contributed by atoms with Crippen LogP contribution in [0.3, 0.4) is 0 Å². The van der Waals surface area contributed by atoms with Gasteiger partial charge in [0.15, 0.2) is 11.5 Å². The number of carbonyl (C=O) groups excluding carboxylic acids is 2. The number of carbonyl (C=O) groups is 2. The van der Waals surface area contributed by atoms with Crippen molar-refractivity contribution in [1.82, 2.24) is 4.90 Å². The lowest BCUT2D eigenvalue weighted by molar-refractivity contribution is -0.384. The highest BCUT2D eigenvalue weighted by molar-refractivity contribution is 8.18. The molecule has 2 aromatic rings. The molecule has 1 aliphatic rings. The Morgan fingerprint density at radius 2 is 1.86 bits per heavy atom. The number of non-ortho nitro benzene ring substituents is 1. The molecule has 2 amide bonds. The van der Waals surface area contributed by atoms with E-state index in [0.29, 0.717) is 28.5 Å². The van der Waals surface area contributed by atoms with E-state index in [9.17, 15) is 19.7 Å². The Labute approximate surface area is 171 Å². The van der Waals surface area contributed by atoms with Gasteiger partial charge < -0.3 is 9.47 Å². The monoisotopic (exact) mass is 414 g/mol. The SMILES string of the molecule is CCN1C(=O)SC(=Cc2ccc(OCc3ccc([N+](=O)[O-])cc3)c(OC)c2)C1=O. The van der Waals surface area contributed by atoms with Crippen LogP contribution in [-0.4, -0.2) is 34.6 Å². The van der Waals surface area contributed by atoms with E-state index < -0.39 is 4.92 Å². The van der Waals surface area contributed by atoms with Gasteiger partial charge in [-0.1, -0.05) is 6.07 Å². The average Bonchev–Trinajstić information content (AvgIpc) is 2.99. The fourth-order valence-electron chi connectivity index (χ4n) is 2.69. The lowest BCUT2D eigenvalue weighted by atomic mass is 10.1. The predicted molar refractivity (Wildman–Crippen MR) is 109 cm³/mol. The van der Waals surface area contributed by atoms with Crippen LogP contribution < -0.4 is 9.47 Å². The molecule has 150 valence electrons. The Kier molecular flexibility index (Phi) is 6.18. The zero-order chi connectivity index (χ0) is 21.0. The van der Waals surface area contributed by atoms with Gasteiger partial charge >= 0.3 is 0 Å². The third-order valence-electron chi connectivity index (χ3n) is 4.22. The summed E-state index contributed by atoms with van der Waals surface area (Å²) in [6.45, 7) is 2.29. The molecule has 2 aromatic carbocycles. The molecular formula is C20H18N2O6S. The second-order valence-corrected chi connectivity index (χ2v) is 7.04. The van der Waals surface area contributed by atoms with Gasteiger partial charge in [0.25, 0.3) is 16.8 Å². The van der Waals surface area contributed by atoms with Crippen molar-refractivity contribution in [2.45, 2.75) is 13.5 Å². The van der Waals surface area contributed by atoms with Crippen LogP contribution in [0.5, 0.6) is 11.5 Å². The number of amides is 2. The summed E-state index contributed by atoms with van der Waals surface area (Å²) in [7, 11) is 1.50. The number of benzene rings is 2. The first-order valence-corrected chi connectivity index (χ1v) is 9.54. The molecule has 29 heavy (non-hydrogen) atoms. The van der Waals surface area contributed by atoms with E-state index in [1.807, 2.05) is 0 Å². The van der Waals surface area contributed by atoms with Gasteiger partial charge in [0.2, 0.25) is 0 Å². The lowest BCUT2D eigenvalue weighted by Gasteiger charge is -2.11. The first kappa shape index (κ1) is 20.4. The van der Waals surface area contributed by atoms with Gasteiger partial charge in [-0.25, -0.2) is 0 Å². The fraction of sp³-hybridized carbons (Fsp3) is 0.200. The Balaban J connectivity index is 1.74. The minimum Gasteiger partial charge on any atom is -0.493 e. The van der Waals surface area contributed by atoms with Crippen LogP contribution in [-0.2, 0) is 11.4 Å². The predicted octanol–water partition coefficient (Wildman–Crippen LogP) is 4.24. The van der Waals surface area contributed by atoms with Crippen molar-refractivity contribution in [3.8, 4) is 11.5 Å². The van der Waals surface area contributed by atoms with Crippen LogP contribution in [0.4, 0.5) is 10.5 Å². The number of nitro groups is 1. The summed E-state index contributed by atoms with van der Waals surface area (Å²) in [6, 6.07) is 11.3. The molecule has 0 radical (unpaired) electrons. The van der Waals surface area contributed by atoms with Crippen LogP contribution in [0.1, 0.15) is 18.1 Å². The van der Waals surface area contributed by atoms with E-state index in [-0.39, 0.29) is 23.4 Å². The third kappa shape index (κ3) is 4.57. The largest absolute Gasteiger partial charge is 0.493 e. The second kappa shape index (κ2) is 8.78. The van der Waals surface area contributed by atoms with Gasteiger partial charge in [-0.05, 0) is 60.2 Å².